The molecule has 0 aliphatic rings. The quantitative estimate of drug-likeness (QED) is 0.520. The zero-order valence-electron chi connectivity index (χ0n) is 14.6. The van der Waals surface area contributed by atoms with Gasteiger partial charge in [0.15, 0.2) is 0 Å². The Kier molecular flexibility index (Phi) is 6.45. The van der Waals surface area contributed by atoms with Gasteiger partial charge in [-0.25, -0.2) is 13.2 Å². The Balaban J connectivity index is 2.49. The van der Waals surface area contributed by atoms with Gasteiger partial charge in [0.25, 0.3) is 10.0 Å². The van der Waals surface area contributed by atoms with Crippen molar-refractivity contribution in [2.24, 2.45) is 0 Å². The molecule has 0 bridgehead atoms. The van der Waals surface area contributed by atoms with Gasteiger partial charge in [-0.3, -0.25) is 4.31 Å². The molecule has 0 saturated carbocycles. The number of hydrogen-bond donors (Lipinski definition) is 0. The van der Waals surface area contributed by atoms with Crippen LogP contribution in [0, 0.1) is 0 Å². The highest BCUT2D eigenvalue weighted by atomic mass is 35.5. The first kappa shape index (κ1) is 20.0. The molecule has 0 N–H and O–H groups in total. The van der Waals surface area contributed by atoms with Crippen molar-refractivity contribution in [3.05, 3.63) is 71.8 Å². The number of nitrogens with zero attached hydrogens (tertiary/aromatic N) is 1. The lowest BCUT2D eigenvalue weighted by Gasteiger charge is -2.24. The third-order valence-electron chi connectivity index (χ3n) is 3.42. The lowest BCUT2D eigenvalue weighted by atomic mass is 10.2. The van der Waals surface area contributed by atoms with Crippen molar-refractivity contribution >= 4 is 33.3 Å². The fraction of sp³-hybridized carbons (Fsp3) is 0.211. The number of esters is 1. The van der Waals surface area contributed by atoms with E-state index in [0.29, 0.717) is 10.7 Å². The first-order valence-corrected chi connectivity index (χ1v) is 9.78. The molecule has 0 spiro atoms. The Labute approximate surface area is 158 Å². The second-order valence-corrected chi connectivity index (χ2v) is 8.03. The fourth-order valence-corrected chi connectivity index (χ4v) is 4.08. The number of carbonyl (C=O) groups excluding carboxylic acids is 1. The Morgan fingerprint density at radius 3 is 2.54 bits per heavy atom. The minimum atomic E-state index is -3.95. The molecule has 2 aromatic rings. The first-order chi connectivity index (χ1) is 12.3. The molecule has 0 unspecified atom stereocenters. The number of hydrogen-bond acceptors (Lipinski definition) is 4. The van der Waals surface area contributed by atoms with E-state index in [4.69, 9.17) is 16.3 Å². The van der Waals surface area contributed by atoms with Gasteiger partial charge in [-0.15, -0.1) is 6.58 Å². The predicted octanol–water partition coefficient (Wildman–Crippen LogP) is 4.29. The van der Waals surface area contributed by atoms with Crippen molar-refractivity contribution < 1.29 is 17.9 Å². The monoisotopic (exact) mass is 393 g/mol. The number of para-hydroxylation sites is 1. The number of sulfonamides is 1. The smallest absolute Gasteiger partial charge is 0.338 e. The summed E-state index contributed by atoms with van der Waals surface area (Å²) in [4.78, 5) is 12.1. The highest BCUT2D eigenvalue weighted by Gasteiger charge is 2.26. The zero-order chi connectivity index (χ0) is 19.3. The number of ether oxygens (including phenoxy) is 1. The third-order valence-corrected chi connectivity index (χ3v) is 5.51. The van der Waals surface area contributed by atoms with Gasteiger partial charge in [-0.2, -0.15) is 0 Å². The predicted molar refractivity (Wildman–Crippen MR) is 103 cm³/mol. The minimum Gasteiger partial charge on any atom is -0.459 e. The summed E-state index contributed by atoms with van der Waals surface area (Å²) in [7, 11) is -3.95. The van der Waals surface area contributed by atoms with Crippen molar-refractivity contribution in [1.29, 1.82) is 0 Å². The van der Waals surface area contributed by atoms with Gasteiger partial charge in [-0.05, 0) is 44.2 Å². The molecule has 0 amide bonds. The lowest BCUT2D eigenvalue weighted by molar-refractivity contribution is 0.0377. The number of rotatable bonds is 7. The molecule has 0 heterocycles. The van der Waals surface area contributed by atoms with E-state index in [-0.39, 0.29) is 23.1 Å². The summed E-state index contributed by atoms with van der Waals surface area (Å²) in [5, 5.41) is 0.299. The van der Waals surface area contributed by atoms with Crippen molar-refractivity contribution in [3.63, 3.8) is 0 Å². The van der Waals surface area contributed by atoms with Crippen LogP contribution < -0.4 is 4.31 Å². The fourth-order valence-electron chi connectivity index (χ4n) is 2.29. The van der Waals surface area contributed by atoms with Gasteiger partial charge in [0.2, 0.25) is 0 Å². The van der Waals surface area contributed by atoms with E-state index in [1.165, 1.54) is 30.3 Å². The first-order valence-electron chi connectivity index (χ1n) is 7.96. The van der Waals surface area contributed by atoms with Crippen LogP contribution in [0.15, 0.2) is 66.1 Å². The highest BCUT2D eigenvalue weighted by molar-refractivity contribution is 7.92. The lowest BCUT2D eigenvalue weighted by Crippen LogP contribution is -2.31. The van der Waals surface area contributed by atoms with Crippen molar-refractivity contribution in [1.82, 2.24) is 0 Å². The van der Waals surface area contributed by atoms with Crippen LogP contribution in [0.4, 0.5) is 5.69 Å². The Morgan fingerprint density at radius 2 is 1.92 bits per heavy atom. The molecule has 0 radical (unpaired) electrons. The molecule has 0 atom stereocenters. The summed E-state index contributed by atoms with van der Waals surface area (Å²) in [5.41, 5.74) is 0.502. The zero-order valence-corrected chi connectivity index (χ0v) is 16.1. The number of carbonyl (C=O) groups is 1. The van der Waals surface area contributed by atoms with Crippen molar-refractivity contribution in [2.45, 2.75) is 24.8 Å². The Bertz CT molecular complexity index is 909. The van der Waals surface area contributed by atoms with Gasteiger partial charge < -0.3 is 4.74 Å². The Morgan fingerprint density at radius 1 is 1.23 bits per heavy atom. The van der Waals surface area contributed by atoms with E-state index in [2.05, 4.69) is 6.58 Å². The second kappa shape index (κ2) is 8.38. The van der Waals surface area contributed by atoms with Gasteiger partial charge >= 0.3 is 5.97 Å². The van der Waals surface area contributed by atoms with E-state index >= 15 is 0 Å². The van der Waals surface area contributed by atoms with E-state index in [0.717, 1.165) is 4.31 Å². The molecule has 2 aromatic carbocycles. The van der Waals surface area contributed by atoms with Gasteiger partial charge in [-0.1, -0.05) is 35.9 Å². The summed E-state index contributed by atoms with van der Waals surface area (Å²) in [6.45, 7) is 7.10. The van der Waals surface area contributed by atoms with Crippen LogP contribution in [0.3, 0.4) is 0 Å². The summed E-state index contributed by atoms with van der Waals surface area (Å²) >= 11 is 6.17. The van der Waals surface area contributed by atoms with Crippen LogP contribution in [0.5, 0.6) is 0 Å². The maximum atomic E-state index is 13.1. The van der Waals surface area contributed by atoms with Crippen molar-refractivity contribution in [2.75, 3.05) is 10.8 Å². The topological polar surface area (TPSA) is 63.7 Å². The van der Waals surface area contributed by atoms with E-state index in [1.807, 2.05) is 0 Å². The molecule has 5 nitrogen and oxygen atoms in total. The average Bonchev–Trinajstić information content (AvgIpc) is 2.60. The maximum absolute atomic E-state index is 13.1. The number of benzene rings is 2. The van der Waals surface area contributed by atoms with E-state index < -0.39 is 16.0 Å². The highest BCUT2D eigenvalue weighted by Crippen LogP contribution is 2.30. The number of halogens is 1. The molecular weight excluding hydrogens is 374 g/mol. The molecule has 26 heavy (non-hydrogen) atoms. The SMILES string of the molecule is C=CCN(c1ccccc1Cl)S(=O)(=O)c1cccc(C(=O)OC(C)C)c1. The average molecular weight is 394 g/mol. The van der Waals surface area contributed by atoms with Crippen LogP contribution in [-0.4, -0.2) is 27.0 Å². The summed E-state index contributed by atoms with van der Waals surface area (Å²) in [6.07, 6.45) is 1.17. The molecule has 0 aliphatic heterocycles. The van der Waals surface area contributed by atoms with Gasteiger partial charge in [0.1, 0.15) is 0 Å². The molecule has 0 aliphatic carbocycles. The van der Waals surface area contributed by atoms with Crippen LogP contribution in [0.25, 0.3) is 0 Å². The Hall–Kier alpha value is -2.31. The van der Waals surface area contributed by atoms with Gasteiger partial charge in [0.05, 0.1) is 33.8 Å². The molecule has 0 fully saturated rings. The van der Waals surface area contributed by atoms with Crippen molar-refractivity contribution in [3.8, 4) is 0 Å². The van der Waals surface area contributed by atoms with Crippen LogP contribution in [0.2, 0.25) is 5.02 Å². The summed E-state index contributed by atoms with van der Waals surface area (Å²) in [6, 6.07) is 12.4. The normalized spacial score (nSPS) is 11.2. The van der Waals surface area contributed by atoms with E-state index in [1.54, 1.807) is 38.1 Å². The molecule has 7 heteroatoms. The third kappa shape index (κ3) is 4.45. The molecule has 0 saturated heterocycles. The summed E-state index contributed by atoms with van der Waals surface area (Å²) in [5.74, 6) is -0.579. The molecule has 138 valence electrons. The maximum Gasteiger partial charge on any atom is 0.338 e. The van der Waals surface area contributed by atoms with Crippen LogP contribution in [0.1, 0.15) is 24.2 Å². The van der Waals surface area contributed by atoms with Crippen LogP contribution in [-0.2, 0) is 14.8 Å². The second-order valence-electron chi connectivity index (χ2n) is 5.76. The number of anilines is 1. The largest absolute Gasteiger partial charge is 0.459 e. The van der Waals surface area contributed by atoms with Gasteiger partial charge in [0, 0.05) is 0 Å². The van der Waals surface area contributed by atoms with Crippen LogP contribution >= 0.6 is 11.6 Å². The molecule has 0 aromatic heterocycles. The molecular formula is C19H20ClNO4S. The van der Waals surface area contributed by atoms with E-state index in [9.17, 15) is 13.2 Å². The standard InChI is InChI=1S/C19H20ClNO4S/c1-4-12-21(18-11-6-5-10-17(18)20)26(23,24)16-9-7-8-15(13-16)19(22)25-14(2)3/h4-11,13-14H,1,12H2,2-3H3. The molecule has 2 rings (SSSR count). The minimum absolute atomic E-state index is 0.0301. The summed E-state index contributed by atoms with van der Waals surface area (Å²) < 4.78 is 32.6.